The molecule has 0 aliphatic carbocycles. The molecular formula is C20H14ClF3N4O4. The SMILES string of the molecule is NC(=O)c1cc(Oc2ccc(NC(=O)Nc3ccc(Cl)c(C(F)(F)F)c3)cc2O)ccn1. The van der Waals surface area contributed by atoms with Gasteiger partial charge in [-0.15, -0.1) is 0 Å². The summed E-state index contributed by atoms with van der Waals surface area (Å²) in [5.74, 6) is -0.921. The van der Waals surface area contributed by atoms with Gasteiger partial charge >= 0.3 is 12.2 Å². The van der Waals surface area contributed by atoms with Crippen molar-refractivity contribution in [3.05, 3.63) is 71.0 Å². The summed E-state index contributed by atoms with van der Waals surface area (Å²) in [5.41, 5.74) is 4.02. The van der Waals surface area contributed by atoms with Gasteiger partial charge in [-0.1, -0.05) is 11.6 Å². The number of primary amides is 1. The number of nitrogens with one attached hydrogen (secondary N) is 2. The van der Waals surface area contributed by atoms with E-state index in [4.69, 9.17) is 22.1 Å². The van der Waals surface area contributed by atoms with E-state index in [-0.39, 0.29) is 34.3 Å². The Bertz CT molecular complexity index is 1190. The maximum absolute atomic E-state index is 12.9. The predicted molar refractivity (Wildman–Crippen MR) is 110 cm³/mol. The molecule has 1 aromatic heterocycles. The molecule has 3 amide bonds. The number of hydrogen-bond donors (Lipinski definition) is 4. The van der Waals surface area contributed by atoms with E-state index in [2.05, 4.69) is 15.6 Å². The van der Waals surface area contributed by atoms with Crippen molar-refractivity contribution in [3.63, 3.8) is 0 Å². The van der Waals surface area contributed by atoms with Crippen LogP contribution in [0, 0.1) is 0 Å². The van der Waals surface area contributed by atoms with Crippen molar-refractivity contribution in [2.45, 2.75) is 6.18 Å². The van der Waals surface area contributed by atoms with E-state index in [1.165, 1.54) is 36.5 Å². The normalized spacial score (nSPS) is 11.0. The highest BCUT2D eigenvalue weighted by molar-refractivity contribution is 6.31. The fraction of sp³-hybridized carbons (Fsp3) is 0.0500. The van der Waals surface area contributed by atoms with Gasteiger partial charge in [0.05, 0.1) is 10.6 Å². The zero-order valence-corrected chi connectivity index (χ0v) is 16.7. The number of benzene rings is 2. The van der Waals surface area contributed by atoms with Crippen LogP contribution < -0.4 is 21.1 Å². The largest absolute Gasteiger partial charge is 0.504 e. The third-order valence-corrected chi connectivity index (χ3v) is 4.29. The average molecular weight is 467 g/mol. The monoisotopic (exact) mass is 466 g/mol. The standard InChI is InChI=1S/C20H14ClF3N4O4/c21-14-3-1-10(7-13(14)20(22,23)24)27-19(31)28-11-2-4-17(16(29)8-11)32-12-5-6-26-15(9-12)18(25)30/h1-9,29H,(H2,25,30)(H2,27,28,31). The van der Waals surface area contributed by atoms with Crippen molar-refractivity contribution in [1.82, 2.24) is 4.98 Å². The summed E-state index contributed by atoms with van der Waals surface area (Å²) in [6.45, 7) is 0. The first kappa shape index (κ1) is 22.7. The first-order chi connectivity index (χ1) is 15.0. The highest BCUT2D eigenvalue weighted by Crippen LogP contribution is 2.36. The van der Waals surface area contributed by atoms with Gasteiger partial charge in [-0.25, -0.2) is 4.79 Å². The van der Waals surface area contributed by atoms with Crippen LogP contribution in [0.1, 0.15) is 16.1 Å². The van der Waals surface area contributed by atoms with Gasteiger partial charge in [-0.3, -0.25) is 9.78 Å². The van der Waals surface area contributed by atoms with Crippen LogP contribution >= 0.6 is 11.6 Å². The average Bonchev–Trinajstić information content (AvgIpc) is 2.71. The molecular weight excluding hydrogens is 453 g/mol. The smallest absolute Gasteiger partial charge is 0.417 e. The van der Waals surface area contributed by atoms with Gasteiger partial charge < -0.3 is 26.2 Å². The van der Waals surface area contributed by atoms with Crippen molar-refractivity contribution in [3.8, 4) is 17.2 Å². The van der Waals surface area contributed by atoms with Gasteiger partial charge in [0.2, 0.25) is 0 Å². The van der Waals surface area contributed by atoms with Crippen molar-refractivity contribution in [1.29, 1.82) is 0 Å². The number of nitrogens with two attached hydrogens (primary N) is 1. The highest BCUT2D eigenvalue weighted by atomic mass is 35.5. The molecule has 0 aliphatic rings. The maximum Gasteiger partial charge on any atom is 0.417 e. The Hall–Kier alpha value is -3.99. The Morgan fingerprint density at radius 2 is 1.69 bits per heavy atom. The quantitative estimate of drug-likeness (QED) is 0.421. The number of alkyl halides is 3. The lowest BCUT2D eigenvalue weighted by atomic mass is 10.2. The number of urea groups is 1. The van der Waals surface area contributed by atoms with Gasteiger partial charge in [0, 0.05) is 29.7 Å². The van der Waals surface area contributed by atoms with Crippen molar-refractivity contribution >= 4 is 34.9 Å². The van der Waals surface area contributed by atoms with Crippen molar-refractivity contribution in [2.24, 2.45) is 5.73 Å². The molecule has 3 aromatic rings. The number of phenols is 1. The number of rotatable bonds is 5. The van der Waals surface area contributed by atoms with E-state index in [0.29, 0.717) is 6.07 Å². The number of amides is 3. The van der Waals surface area contributed by atoms with Crippen LogP contribution in [-0.4, -0.2) is 22.0 Å². The van der Waals surface area contributed by atoms with Crippen LogP contribution in [0.15, 0.2) is 54.7 Å². The van der Waals surface area contributed by atoms with E-state index in [1.807, 2.05) is 0 Å². The second-order valence-corrected chi connectivity index (χ2v) is 6.70. The van der Waals surface area contributed by atoms with E-state index >= 15 is 0 Å². The molecule has 2 aromatic carbocycles. The van der Waals surface area contributed by atoms with Crippen LogP contribution in [-0.2, 0) is 6.18 Å². The molecule has 0 bridgehead atoms. The number of aromatic nitrogens is 1. The summed E-state index contributed by atoms with van der Waals surface area (Å²) < 4.78 is 44.3. The minimum atomic E-state index is -4.68. The van der Waals surface area contributed by atoms with Gasteiger partial charge in [-0.2, -0.15) is 13.2 Å². The lowest BCUT2D eigenvalue weighted by Gasteiger charge is -2.13. The number of pyridine rings is 1. The number of aromatic hydroxyl groups is 1. The summed E-state index contributed by atoms with van der Waals surface area (Å²) >= 11 is 5.55. The molecule has 0 unspecified atom stereocenters. The molecule has 1 heterocycles. The summed E-state index contributed by atoms with van der Waals surface area (Å²) in [6, 6.07) is 8.66. The zero-order chi connectivity index (χ0) is 23.5. The number of carbonyl (C=O) groups excluding carboxylic acids is 2. The number of ether oxygens (including phenoxy) is 1. The Morgan fingerprint density at radius 3 is 2.31 bits per heavy atom. The Balaban J connectivity index is 1.69. The van der Waals surface area contributed by atoms with Crippen LogP contribution in [0.3, 0.4) is 0 Å². The van der Waals surface area contributed by atoms with E-state index < -0.39 is 28.7 Å². The first-order valence-electron chi connectivity index (χ1n) is 8.74. The first-order valence-corrected chi connectivity index (χ1v) is 9.12. The molecule has 32 heavy (non-hydrogen) atoms. The molecule has 3 rings (SSSR count). The molecule has 0 atom stereocenters. The lowest BCUT2D eigenvalue weighted by molar-refractivity contribution is -0.137. The molecule has 0 aliphatic heterocycles. The molecule has 0 saturated heterocycles. The molecule has 0 fully saturated rings. The number of nitrogens with zero attached hydrogens (tertiary/aromatic N) is 1. The molecule has 5 N–H and O–H groups in total. The van der Waals surface area contributed by atoms with Gasteiger partial charge in [0.25, 0.3) is 5.91 Å². The predicted octanol–water partition coefficient (Wildman–Crippen LogP) is 4.99. The van der Waals surface area contributed by atoms with Gasteiger partial charge in [0.15, 0.2) is 11.5 Å². The minimum absolute atomic E-state index is 0.00472. The number of anilines is 2. The van der Waals surface area contributed by atoms with Crippen LogP contribution in [0.25, 0.3) is 0 Å². The molecule has 8 nitrogen and oxygen atoms in total. The lowest BCUT2D eigenvalue weighted by Crippen LogP contribution is -2.19. The van der Waals surface area contributed by atoms with Gasteiger partial charge in [-0.05, 0) is 36.4 Å². The second kappa shape index (κ2) is 9.02. The summed E-state index contributed by atoms with van der Waals surface area (Å²) in [4.78, 5) is 27.1. The molecule has 0 saturated carbocycles. The summed E-state index contributed by atoms with van der Waals surface area (Å²) in [5, 5.41) is 14.3. The van der Waals surface area contributed by atoms with Crippen molar-refractivity contribution < 1.29 is 32.6 Å². The third kappa shape index (κ3) is 5.58. The van der Waals surface area contributed by atoms with E-state index in [9.17, 15) is 27.9 Å². The Labute approximate surface area is 183 Å². The minimum Gasteiger partial charge on any atom is -0.504 e. The summed E-state index contributed by atoms with van der Waals surface area (Å²) in [7, 11) is 0. The molecule has 0 radical (unpaired) electrons. The van der Waals surface area contributed by atoms with E-state index in [1.54, 1.807) is 0 Å². The Morgan fingerprint density at radius 1 is 1.03 bits per heavy atom. The number of carbonyl (C=O) groups is 2. The number of phenolic OH excluding ortho intramolecular Hbond substituents is 1. The van der Waals surface area contributed by atoms with Crippen LogP contribution in [0.5, 0.6) is 17.2 Å². The molecule has 0 spiro atoms. The zero-order valence-electron chi connectivity index (χ0n) is 15.9. The summed E-state index contributed by atoms with van der Waals surface area (Å²) in [6.07, 6.45) is -3.38. The molecule has 12 heteroatoms. The molecule has 166 valence electrons. The van der Waals surface area contributed by atoms with Crippen LogP contribution in [0.2, 0.25) is 5.02 Å². The van der Waals surface area contributed by atoms with Crippen LogP contribution in [0.4, 0.5) is 29.3 Å². The number of hydrogen-bond acceptors (Lipinski definition) is 5. The third-order valence-electron chi connectivity index (χ3n) is 3.96. The Kier molecular flexibility index (Phi) is 6.40. The second-order valence-electron chi connectivity index (χ2n) is 6.30. The van der Waals surface area contributed by atoms with E-state index in [0.717, 1.165) is 12.1 Å². The highest BCUT2D eigenvalue weighted by Gasteiger charge is 2.33. The number of halogens is 4. The fourth-order valence-electron chi connectivity index (χ4n) is 2.53. The fourth-order valence-corrected chi connectivity index (χ4v) is 2.76. The maximum atomic E-state index is 12.9. The topological polar surface area (TPSA) is 127 Å². The van der Waals surface area contributed by atoms with Crippen molar-refractivity contribution in [2.75, 3.05) is 10.6 Å². The van der Waals surface area contributed by atoms with Gasteiger partial charge in [0.1, 0.15) is 11.4 Å².